The third kappa shape index (κ3) is 2.12. The molecule has 0 saturated carbocycles. The molecule has 72 valence electrons. The molecular formula is C9H13NO2S. The highest BCUT2D eigenvalue weighted by Gasteiger charge is 2.33. The minimum atomic E-state index is -0.153. The number of rotatable bonds is 2. The van der Waals surface area contributed by atoms with Crippen LogP contribution in [-0.2, 0) is 4.79 Å². The Morgan fingerprint density at radius 3 is 2.46 bits per heavy atom. The largest absolute Gasteiger partial charge is 0.293 e. The first-order chi connectivity index (χ1) is 6.06. The Morgan fingerprint density at radius 2 is 2.08 bits per heavy atom. The monoisotopic (exact) mass is 199 g/mol. The summed E-state index contributed by atoms with van der Waals surface area (Å²) in [6.07, 6.45) is 1.83. The van der Waals surface area contributed by atoms with Crippen molar-refractivity contribution < 1.29 is 9.59 Å². The highest BCUT2D eigenvalue weighted by molar-refractivity contribution is 8.18. The van der Waals surface area contributed by atoms with Gasteiger partial charge in [0.1, 0.15) is 0 Å². The molecule has 1 saturated heterocycles. The maximum absolute atomic E-state index is 11.5. The van der Waals surface area contributed by atoms with Crippen molar-refractivity contribution >= 4 is 22.9 Å². The number of hydrogen-bond donors (Lipinski definition) is 0. The van der Waals surface area contributed by atoms with Crippen molar-refractivity contribution in [2.75, 3.05) is 6.54 Å². The minimum Gasteiger partial charge on any atom is -0.269 e. The Kier molecular flexibility index (Phi) is 3.14. The Bertz CT molecular complexity index is 271. The van der Waals surface area contributed by atoms with E-state index in [1.54, 1.807) is 6.92 Å². The van der Waals surface area contributed by atoms with Crippen molar-refractivity contribution in [3.05, 3.63) is 11.0 Å². The molecule has 0 bridgehead atoms. The lowest BCUT2D eigenvalue weighted by atomic mass is 10.2. The van der Waals surface area contributed by atoms with Crippen LogP contribution < -0.4 is 0 Å². The maximum Gasteiger partial charge on any atom is 0.293 e. The second-order valence-corrected chi connectivity index (χ2v) is 4.19. The van der Waals surface area contributed by atoms with E-state index in [2.05, 4.69) is 0 Å². The number of carbonyl (C=O) groups is 2. The molecule has 1 aliphatic heterocycles. The van der Waals surface area contributed by atoms with Crippen molar-refractivity contribution in [3.8, 4) is 0 Å². The zero-order valence-electron chi connectivity index (χ0n) is 8.03. The second-order valence-electron chi connectivity index (χ2n) is 3.19. The molecule has 0 aliphatic carbocycles. The number of imide groups is 1. The van der Waals surface area contributed by atoms with Crippen LogP contribution in [0.4, 0.5) is 4.79 Å². The quantitative estimate of drug-likeness (QED) is 0.640. The molecule has 0 aromatic rings. The van der Waals surface area contributed by atoms with Gasteiger partial charge in [-0.25, -0.2) is 0 Å². The molecule has 13 heavy (non-hydrogen) atoms. The first kappa shape index (κ1) is 10.3. The number of thioether (sulfide) groups is 1. The molecule has 1 heterocycles. The van der Waals surface area contributed by atoms with Crippen LogP contribution in [-0.4, -0.2) is 22.6 Å². The van der Waals surface area contributed by atoms with Gasteiger partial charge in [-0.15, -0.1) is 0 Å². The van der Waals surface area contributed by atoms with Crippen LogP contribution in [0.1, 0.15) is 20.8 Å². The van der Waals surface area contributed by atoms with E-state index in [0.717, 1.165) is 11.8 Å². The Hall–Kier alpha value is -0.770. The summed E-state index contributed by atoms with van der Waals surface area (Å²) in [6, 6.07) is 0. The minimum absolute atomic E-state index is 0.147. The van der Waals surface area contributed by atoms with E-state index in [1.165, 1.54) is 4.90 Å². The molecule has 4 heteroatoms. The molecular weight excluding hydrogens is 186 g/mol. The van der Waals surface area contributed by atoms with E-state index < -0.39 is 0 Å². The lowest BCUT2D eigenvalue weighted by Crippen LogP contribution is -2.27. The maximum atomic E-state index is 11.5. The van der Waals surface area contributed by atoms with E-state index in [1.807, 2.05) is 19.9 Å². The lowest BCUT2D eigenvalue weighted by Gasteiger charge is -2.07. The fraction of sp³-hybridized carbons (Fsp3) is 0.556. The third-order valence-corrected chi connectivity index (χ3v) is 2.60. The fourth-order valence-electron chi connectivity index (χ4n) is 1.09. The van der Waals surface area contributed by atoms with Crippen molar-refractivity contribution in [2.45, 2.75) is 20.8 Å². The Morgan fingerprint density at radius 1 is 1.46 bits per heavy atom. The normalized spacial score (nSPS) is 20.9. The fourth-order valence-corrected chi connectivity index (χ4v) is 2.14. The first-order valence-electron chi connectivity index (χ1n) is 4.31. The van der Waals surface area contributed by atoms with Crippen molar-refractivity contribution in [1.29, 1.82) is 0 Å². The van der Waals surface area contributed by atoms with E-state index in [-0.39, 0.29) is 11.1 Å². The van der Waals surface area contributed by atoms with Crippen molar-refractivity contribution in [3.63, 3.8) is 0 Å². The van der Waals surface area contributed by atoms with Gasteiger partial charge in [0.25, 0.3) is 11.1 Å². The molecule has 0 N–H and O–H groups in total. The van der Waals surface area contributed by atoms with Crippen LogP contribution in [0, 0.1) is 5.92 Å². The average molecular weight is 199 g/mol. The summed E-state index contributed by atoms with van der Waals surface area (Å²) in [4.78, 5) is 24.6. The average Bonchev–Trinajstić information content (AvgIpc) is 2.26. The van der Waals surface area contributed by atoms with Gasteiger partial charge in [-0.1, -0.05) is 19.9 Å². The van der Waals surface area contributed by atoms with E-state index in [9.17, 15) is 9.59 Å². The summed E-state index contributed by atoms with van der Waals surface area (Å²) in [6.45, 7) is 6.23. The lowest BCUT2D eigenvalue weighted by molar-refractivity contribution is -0.122. The van der Waals surface area contributed by atoms with Crippen LogP contribution in [0.3, 0.4) is 0 Å². The molecule has 3 nitrogen and oxygen atoms in total. The van der Waals surface area contributed by atoms with Gasteiger partial charge in [0.15, 0.2) is 0 Å². The second kappa shape index (κ2) is 3.96. The number of allylic oxidation sites excluding steroid dienone is 1. The summed E-state index contributed by atoms with van der Waals surface area (Å²) in [7, 11) is 0. The van der Waals surface area contributed by atoms with Crippen LogP contribution in [0.5, 0.6) is 0 Å². The molecule has 1 aliphatic rings. The first-order valence-corrected chi connectivity index (χ1v) is 5.13. The zero-order valence-corrected chi connectivity index (χ0v) is 8.85. The molecule has 0 aromatic heterocycles. The molecule has 0 radical (unpaired) electrons. The van der Waals surface area contributed by atoms with E-state index in [0.29, 0.717) is 17.4 Å². The highest BCUT2D eigenvalue weighted by Crippen LogP contribution is 2.30. The van der Waals surface area contributed by atoms with Crippen molar-refractivity contribution in [1.82, 2.24) is 4.90 Å². The van der Waals surface area contributed by atoms with Gasteiger partial charge < -0.3 is 0 Å². The van der Waals surface area contributed by atoms with Gasteiger partial charge in [0, 0.05) is 6.54 Å². The summed E-state index contributed by atoms with van der Waals surface area (Å²) in [5, 5.41) is -0.153. The summed E-state index contributed by atoms with van der Waals surface area (Å²) in [5.41, 5.74) is 0. The van der Waals surface area contributed by atoms with Gasteiger partial charge in [0.05, 0.1) is 4.91 Å². The van der Waals surface area contributed by atoms with Crippen LogP contribution >= 0.6 is 11.8 Å². The number of carbonyl (C=O) groups excluding carboxylic acids is 2. The van der Waals surface area contributed by atoms with Crippen LogP contribution in [0.15, 0.2) is 11.0 Å². The van der Waals surface area contributed by atoms with Gasteiger partial charge in [-0.2, -0.15) is 0 Å². The van der Waals surface area contributed by atoms with E-state index in [4.69, 9.17) is 0 Å². The third-order valence-electron chi connectivity index (χ3n) is 1.67. The highest BCUT2D eigenvalue weighted by atomic mass is 32.2. The number of hydrogen-bond acceptors (Lipinski definition) is 3. The predicted octanol–water partition coefficient (Wildman–Crippen LogP) is 2.24. The Balaban J connectivity index is 2.85. The summed E-state index contributed by atoms with van der Waals surface area (Å²) >= 11 is 1.03. The zero-order chi connectivity index (χ0) is 10.0. The SMILES string of the molecule is CCN1C(=O)S/C(=C\C(C)C)C1=O. The molecule has 0 spiro atoms. The summed E-state index contributed by atoms with van der Waals surface area (Å²) < 4.78 is 0. The molecule has 0 atom stereocenters. The topological polar surface area (TPSA) is 37.4 Å². The van der Waals surface area contributed by atoms with E-state index >= 15 is 0 Å². The van der Waals surface area contributed by atoms with Gasteiger partial charge in [-0.3, -0.25) is 14.5 Å². The van der Waals surface area contributed by atoms with Gasteiger partial charge in [0.2, 0.25) is 0 Å². The molecule has 0 unspecified atom stereocenters. The van der Waals surface area contributed by atoms with Crippen LogP contribution in [0.2, 0.25) is 0 Å². The van der Waals surface area contributed by atoms with Crippen LogP contribution in [0.25, 0.3) is 0 Å². The molecule has 1 fully saturated rings. The number of nitrogens with zero attached hydrogens (tertiary/aromatic N) is 1. The smallest absolute Gasteiger partial charge is 0.269 e. The van der Waals surface area contributed by atoms with Crippen molar-refractivity contribution in [2.24, 2.45) is 5.92 Å². The summed E-state index contributed by atoms with van der Waals surface area (Å²) in [5.74, 6) is 0.155. The van der Waals surface area contributed by atoms with Gasteiger partial charge in [-0.05, 0) is 24.6 Å². The standard InChI is InChI=1S/C9H13NO2S/c1-4-10-8(11)7(5-6(2)3)13-9(10)12/h5-6H,4H2,1-3H3/b7-5-. The Labute approximate surface area is 82.2 Å². The molecule has 0 aromatic carbocycles. The molecule has 1 rings (SSSR count). The number of likely N-dealkylation sites (N-methyl/N-ethyl adjacent to an activating group) is 1. The predicted molar refractivity (Wildman–Crippen MR) is 53.3 cm³/mol. The number of amides is 2. The van der Waals surface area contributed by atoms with Gasteiger partial charge >= 0.3 is 0 Å². The molecule has 2 amide bonds.